The zero-order chi connectivity index (χ0) is 11.0. The molecule has 1 aromatic heterocycles. The van der Waals surface area contributed by atoms with Crippen molar-refractivity contribution < 1.29 is 0 Å². The molecule has 1 heterocycles. The van der Waals surface area contributed by atoms with Crippen LogP contribution in [0.2, 0.25) is 0 Å². The van der Waals surface area contributed by atoms with E-state index in [0.717, 1.165) is 0 Å². The lowest BCUT2D eigenvalue weighted by atomic mass is 9.98. The lowest BCUT2D eigenvalue weighted by molar-refractivity contribution is 0.866. The average molecular weight is 218 g/mol. The maximum atomic E-state index is 2.37. The van der Waals surface area contributed by atoms with Gasteiger partial charge in [-0.3, -0.25) is 0 Å². The Labute approximate surface area is 95.9 Å². The van der Waals surface area contributed by atoms with E-state index >= 15 is 0 Å². The molecule has 1 heteroatoms. The Morgan fingerprint density at radius 1 is 1.00 bits per heavy atom. The van der Waals surface area contributed by atoms with Gasteiger partial charge < -0.3 is 0 Å². The quantitative estimate of drug-likeness (QED) is 0.654. The smallest absolute Gasteiger partial charge is 0.0149 e. The molecule has 15 heavy (non-hydrogen) atoms. The van der Waals surface area contributed by atoms with Crippen molar-refractivity contribution in [2.45, 2.75) is 39.5 Å². The first-order chi connectivity index (χ1) is 7.09. The molecule has 0 nitrogen and oxygen atoms in total. The summed E-state index contributed by atoms with van der Waals surface area (Å²) in [5.41, 5.74) is 1.45. The fourth-order valence-electron chi connectivity index (χ4n) is 1.89. The number of thiophene rings is 1. The molecule has 0 aliphatic carbocycles. The van der Waals surface area contributed by atoms with Gasteiger partial charge in [0.15, 0.2) is 0 Å². The standard InChI is InChI=1S/C14H18S/c1-9(2)11-5-6-12-8-15-14(10(3)4)13(12)7-11/h5-10H,1-4H3. The predicted molar refractivity (Wildman–Crippen MR) is 70.0 cm³/mol. The maximum absolute atomic E-state index is 2.37. The van der Waals surface area contributed by atoms with Gasteiger partial charge in [0.1, 0.15) is 0 Å². The third kappa shape index (κ3) is 1.93. The van der Waals surface area contributed by atoms with Crippen molar-refractivity contribution >= 4 is 22.1 Å². The van der Waals surface area contributed by atoms with E-state index in [1.807, 2.05) is 11.3 Å². The molecule has 0 amide bonds. The Morgan fingerprint density at radius 3 is 2.33 bits per heavy atom. The molecule has 1 aromatic carbocycles. The lowest BCUT2D eigenvalue weighted by Gasteiger charge is -2.07. The van der Waals surface area contributed by atoms with Crippen molar-refractivity contribution in [1.29, 1.82) is 0 Å². The van der Waals surface area contributed by atoms with Crippen LogP contribution in [-0.4, -0.2) is 0 Å². The second kappa shape index (κ2) is 3.97. The van der Waals surface area contributed by atoms with Crippen molar-refractivity contribution in [3.8, 4) is 0 Å². The van der Waals surface area contributed by atoms with Crippen LogP contribution in [0, 0.1) is 0 Å². The van der Waals surface area contributed by atoms with Gasteiger partial charge in [0.2, 0.25) is 0 Å². The van der Waals surface area contributed by atoms with E-state index in [9.17, 15) is 0 Å². The fourth-order valence-corrected chi connectivity index (χ4v) is 2.92. The van der Waals surface area contributed by atoms with Crippen molar-refractivity contribution in [3.05, 3.63) is 34.0 Å². The zero-order valence-corrected chi connectivity index (χ0v) is 10.7. The Balaban J connectivity index is 2.61. The van der Waals surface area contributed by atoms with Crippen LogP contribution in [0.5, 0.6) is 0 Å². The Kier molecular flexibility index (Phi) is 2.83. The first-order valence-electron chi connectivity index (χ1n) is 5.60. The average Bonchev–Trinajstić information content (AvgIpc) is 2.59. The fraction of sp³-hybridized carbons (Fsp3) is 0.429. The zero-order valence-electron chi connectivity index (χ0n) is 9.87. The highest BCUT2D eigenvalue weighted by Gasteiger charge is 2.09. The van der Waals surface area contributed by atoms with Gasteiger partial charge in [-0.25, -0.2) is 0 Å². The van der Waals surface area contributed by atoms with Gasteiger partial charge in [0.25, 0.3) is 0 Å². The van der Waals surface area contributed by atoms with E-state index in [-0.39, 0.29) is 0 Å². The summed E-state index contributed by atoms with van der Waals surface area (Å²) in [6.07, 6.45) is 0. The van der Waals surface area contributed by atoms with E-state index in [4.69, 9.17) is 0 Å². The van der Waals surface area contributed by atoms with E-state index in [2.05, 4.69) is 51.3 Å². The Morgan fingerprint density at radius 2 is 1.73 bits per heavy atom. The van der Waals surface area contributed by atoms with Gasteiger partial charge in [0.05, 0.1) is 0 Å². The lowest BCUT2D eigenvalue weighted by Crippen LogP contribution is -1.88. The molecule has 2 rings (SSSR count). The number of hydrogen-bond acceptors (Lipinski definition) is 1. The van der Waals surface area contributed by atoms with Crippen LogP contribution in [0.15, 0.2) is 23.6 Å². The van der Waals surface area contributed by atoms with Crippen molar-refractivity contribution in [1.82, 2.24) is 0 Å². The van der Waals surface area contributed by atoms with E-state index in [1.54, 1.807) is 0 Å². The van der Waals surface area contributed by atoms with Gasteiger partial charge in [-0.1, -0.05) is 39.8 Å². The second-order valence-corrected chi connectivity index (χ2v) is 5.67. The predicted octanol–water partition coefficient (Wildman–Crippen LogP) is 5.15. The summed E-state index contributed by atoms with van der Waals surface area (Å²) in [4.78, 5) is 1.52. The summed E-state index contributed by atoms with van der Waals surface area (Å²) < 4.78 is 0. The summed E-state index contributed by atoms with van der Waals surface area (Å²) in [5.74, 6) is 1.25. The molecule has 0 aliphatic heterocycles. The minimum Gasteiger partial charge on any atom is -0.147 e. The van der Waals surface area contributed by atoms with Crippen molar-refractivity contribution in [2.75, 3.05) is 0 Å². The van der Waals surface area contributed by atoms with Gasteiger partial charge in [-0.05, 0) is 39.6 Å². The molecule has 0 aliphatic rings. The molecule has 0 fully saturated rings. The normalized spacial score (nSPS) is 11.9. The minimum absolute atomic E-state index is 0.620. The number of fused-ring (bicyclic) bond motifs is 1. The largest absolute Gasteiger partial charge is 0.147 e. The van der Waals surface area contributed by atoms with E-state index < -0.39 is 0 Å². The highest BCUT2D eigenvalue weighted by molar-refractivity contribution is 7.11. The van der Waals surface area contributed by atoms with Crippen LogP contribution in [0.4, 0.5) is 0 Å². The van der Waals surface area contributed by atoms with Gasteiger partial charge >= 0.3 is 0 Å². The highest BCUT2D eigenvalue weighted by atomic mass is 32.1. The maximum Gasteiger partial charge on any atom is 0.0149 e. The van der Waals surface area contributed by atoms with Crippen LogP contribution in [-0.2, 0) is 0 Å². The third-order valence-corrected chi connectivity index (χ3v) is 4.16. The summed E-state index contributed by atoms with van der Waals surface area (Å²) >= 11 is 1.89. The van der Waals surface area contributed by atoms with Gasteiger partial charge in [-0.2, -0.15) is 0 Å². The number of hydrogen-bond donors (Lipinski definition) is 0. The highest BCUT2D eigenvalue weighted by Crippen LogP contribution is 2.33. The van der Waals surface area contributed by atoms with Crippen LogP contribution in [0.1, 0.15) is 50.0 Å². The number of benzene rings is 1. The molecular formula is C14H18S. The van der Waals surface area contributed by atoms with Crippen LogP contribution in [0.25, 0.3) is 10.8 Å². The van der Waals surface area contributed by atoms with Crippen LogP contribution >= 0.6 is 11.3 Å². The first kappa shape index (κ1) is 10.7. The van der Waals surface area contributed by atoms with Crippen LogP contribution < -0.4 is 0 Å². The molecule has 2 aromatic rings. The molecule has 0 spiro atoms. The summed E-state index contributed by atoms with van der Waals surface area (Å²) in [6.45, 7) is 9.05. The molecule has 0 atom stereocenters. The van der Waals surface area contributed by atoms with Crippen molar-refractivity contribution in [3.63, 3.8) is 0 Å². The second-order valence-electron chi connectivity index (χ2n) is 4.76. The molecule has 0 saturated heterocycles. The molecule has 0 saturated carbocycles. The minimum atomic E-state index is 0.620. The van der Waals surface area contributed by atoms with Crippen LogP contribution in [0.3, 0.4) is 0 Å². The summed E-state index contributed by atoms with van der Waals surface area (Å²) in [6, 6.07) is 6.88. The Bertz CT molecular complexity index is 463. The summed E-state index contributed by atoms with van der Waals surface area (Å²) in [7, 11) is 0. The molecule has 80 valence electrons. The van der Waals surface area contributed by atoms with E-state index in [1.165, 1.54) is 21.2 Å². The summed E-state index contributed by atoms with van der Waals surface area (Å²) in [5, 5.41) is 5.13. The topological polar surface area (TPSA) is 0 Å². The molecule has 0 radical (unpaired) electrons. The molecule has 0 N–H and O–H groups in total. The first-order valence-corrected chi connectivity index (χ1v) is 6.48. The van der Waals surface area contributed by atoms with Crippen molar-refractivity contribution in [2.24, 2.45) is 0 Å². The van der Waals surface area contributed by atoms with Gasteiger partial charge in [0, 0.05) is 4.88 Å². The SMILES string of the molecule is CC(C)c1ccc2csc(C(C)C)c2c1. The number of rotatable bonds is 2. The Hall–Kier alpha value is -0.820. The van der Waals surface area contributed by atoms with E-state index in [0.29, 0.717) is 11.8 Å². The molecular weight excluding hydrogens is 200 g/mol. The third-order valence-electron chi connectivity index (χ3n) is 2.85. The van der Waals surface area contributed by atoms with Gasteiger partial charge in [-0.15, -0.1) is 11.3 Å². The monoisotopic (exact) mass is 218 g/mol. The molecule has 0 unspecified atom stereocenters. The molecule has 0 bridgehead atoms.